The first kappa shape index (κ1) is 25.1. The molecule has 0 amide bonds. The molecule has 0 spiro atoms. The van der Waals surface area contributed by atoms with Crippen molar-refractivity contribution >= 4 is 0 Å². The zero-order chi connectivity index (χ0) is 22.1. The zero-order valence-electron chi connectivity index (χ0n) is 21.1. The van der Waals surface area contributed by atoms with Crippen molar-refractivity contribution in [2.24, 2.45) is 0 Å². The lowest BCUT2D eigenvalue weighted by Crippen LogP contribution is -2.59. The van der Waals surface area contributed by atoms with Crippen LogP contribution in [0.1, 0.15) is 101 Å². The topological polar surface area (TPSA) is 10.4 Å². The van der Waals surface area contributed by atoms with Gasteiger partial charge in [-0.3, -0.25) is 9.80 Å². The molecule has 1 rings (SSSR count). The predicted octanol–water partition coefficient (Wildman–Crippen LogP) is 5.75. The first-order chi connectivity index (χ1) is 12.5. The number of nitrogens with zero attached hydrogens (tertiary/aromatic N) is 3. The summed E-state index contributed by atoms with van der Waals surface area (Å²) >= 11 is 0. The molecule has 0 unspecified atom stereocenters. The minimum absolute atomic E-state index is 0.0347. The molecule has 3 heteroatoms. The molecular weight excluding hydrogens is 342 g/mol. The Balaban J connectivity index is 3.48. The normalized spacial score (nSPS) is 14.0. The average molecular weight is 391 g/mol. The highest BCUT2D eigenvalue weighted by molar-refractivity contribution is 5.06. The number of rotatable bonds is 6. The van der Waals surface area contributed by atoms with E-state index in [1.807, 2.05) is 0 Å². The fourth-order valence-corrected chi connectivity index (χ4v) is 4.45. The highest BCUT2D eigenvalue weighted by Crippen LogP contribution is 2.23. The number of hydrogen-bond donors (Lipinski definition) is 0. The SMILES string of the molecule is CC(C)N(Cc1cccc(CN(C(C)C)C(C)(C)C)[n+]1C(C)(C)C)C(C)(C)C. The summed E-state index contributed by atoms with van der Waals surface area (Å²) < 4.78 is 2.58. The van der Waals surface area contributed by atoms with Gasteiger partial charge in [0.05, 0.1) is 13.1 Å². The molecule has 0 fully saturated rings. The van der Waals surface area contributed by atoms with Gasteiger partial charge in [-0.25, -0.2) is 0 Å². The van der Waals surface area contributed by atoms with Crippen LogP contribution in [0.5, 0.6) is 0 Å². The lowest BCUT2D eigenvalue weighted by atomic mass is 10.00. The average Bonchev–Trinajstić information content (AvgIpc) is 2.46. The minimum Gasteiger partial charge on any atom is -0.286 e. The fraction of sp³-hybridized carbons (Fsp3) is 0.800. The summed E-state index contributed by atoms with van der Waals surface area (Å²) in [7, 11) is 0. The van der Waals surface area contributed by atoms with Crippen LogP contribution in [-0.2, 0) is 18.6 Å². The van der Waals surface area contributed by atoms with Gasteiger partial charge in [0.15, 0.2) is 16.9 Å². The molecule has 0 aliphatic carbocycles. The summed E-state index contributed by atoms with van der Waals surface area (Å²) in [4.78, 5) is 5.19. The molecule has 1 aromatic rings. The number of pyridine rings is 1. The van der Waals surface area contributed by atoms with E-state index in [1.54, 1.807) is 0 Å². The molecular formula is C25H48N3+. The van der Waals surface area contributed by atoms with Gasteiger partial charge in [-0.1, -0.05) is 0 Å². The second-order valence-electron chi connectivity index (χ2n) is 11.8. The third kappa shape index (κ3) is 6.56. The quantitative estimate of drug-likeness (QED) is 0.573. The van der Waals surface area contributed by atoms with Gasteiger partial charge in [0, 0.05) is 56.1 Å². The van der Waals surface area contributed by atoms with Crippen molar-refractivity contribution < 1.29 is 4.57 Å². The second kappa shape index (κ2) is 8.83. The van der Waals surface area contributed by atoms with E-state index in [4.69, 9.17) is 0 Å². The van der Waals surface area contributed by atoms with Crippen molar-refractivity contribution in [1.29, 1.82) is 0 Å². The van der Waals surface area contributed by atoms with E-state index in [9.17, 15) is 0 Å². The van der Waals surface area contributed by atoms with Gasteiger partial charge in [-0.15, -0.1) is 0 Å². The molecule has 28 heavy (non-hydrogen) atoms. The van der Waals surface area contributed by atoms with Crippen molar-refractivity contribution in [1.82, 2.24) is 9.80 Å². The van der Waals surface area contributed by atoms with Crippen LogP contribution in [0.4, 0.5) is 0 Å². The summed E-state index contributed by atoms with van der Waals surface area (Å²) in [6.07, 6.45) is 0. The van der Waals surface area contributed by atoms with Crippen molar-refractivity contribution in [3.8, 4) is 0 Å². The Bertz CT molecular complexity index is 578. The van der Waals surface area contributed by atoms with Crippen LogP contribution in [0.2, 0.25) is 0 Å². The van der Waals surface area contributed by atoms with Crippen LogP contribution >= 0.6 is 0 Å². The molecule has 0 aromatic carbocycles. The van der Waals surface area contributed by atoms with E-state index in [0.29, 0.717) is 12.1 Å². The molecule has 0 bridgehead atoms. The van der Waals surface area contributed by atoms with Crippen molar-refractivity contribution in [3.63, 3.8) is 0 Å². The molecule has 3 nitrogen and oxygen atoms in total. The van der Waals surface area contributed by atoms with Crippen LogP contribution in [0.15, 0.2) is 18.2 Å². The van der Waals surface area contributed by atoms with Crippen LogP contribution in [-0.4, -0.2) is 33.0 Å². The summed E-state index contributed by atoms with van der Waals surface area (Å²) in [5.74, 6) is 0. The van der Waals surface area contributed by atoms with Gasteiger partial charge in [0.2, 0.25) is 0 Å². The molecule has 0 N–H and O–H groups in total. The Morgan fingerprint density at radius 1 is 0.679 bits per heavy atom. The third-order valence-electron chi connectivity index (χ3n) is 5.46. The number of hydrogen-bond acceptors (Lipinski definition) is 2. The van der Waals surface area contributed by atoms with E-state index >= 15 is 0 Å². The van der Waals surface area contributed by atoms with Crippen LogP contribution in [0.25, 0.3) is 0 Å². The van der Waals surface area contributed by atoms with Gasteiger partial charge < -0.3 is 0 Å². The molecule has 0 aliphatic rings. The Morgan fingerprint density at radius 3 is 1.21 bits per heavy atom. The van der Waals surface area contributed by atoms with Gasteiger partial charge in [0.1, 0.15) is 0 Å². The van der Waals surface area contributed by atoms with Gasteiger partial charge in [-0.05, 0) is 75.3 Å². The zero-order valence-corrected chi connectivity index (χ0v) is 21.1. The third-order valence-corrected chi connectivity index (χ3v) is 5.46. The van der Waals surface area contributed by atoms with E-state index in [0.717, 1.165) is 13.1 Å². The Labute approximate surface area is 176 Å². The summed E-state index contributed by atoms with van der Waals surface area (Å²) in [6.45, 7) is 32.0. The predicted molar refractivity (Wildman–Crippen MR) is 122 cm³/mol. The highest BCUT2D eigenvalue weighted by atomic mass is 15.2. The van der Waals surface area contributed by atoms with Gasteiger partial charge in [-0.2, -0.15) is 4.57 Å². The lowest BCUT2D eigenvalue weighted by Gasteiger charge is -2.40. The summed E-state index contributed by atoms with van der Waals surface area (Å²) in [5, 5.41) is 0. The first-order valence-electron chi connectivity index (χ1n) is 11.0. The summed E-state index contributed by atoms with van der Waals surface area (Å²) in [5.41, 5.74) is 3.09. The van der Waals surface area contributed by atoms with Crippen LogP contribution in [0, 0.1) is 0 Å². The van der Waals surface area contributed by atoms with Crippen molar-refractivity contribution in [3.05, 3.63) is 29.6 Å². The van der Waals surface area contributed by atoms with Crippen molar-refractivity contribution in [2.75, 3.05) is 0 Å². The fourth-order valence-electron chi connectivity index (χ4n) is 4.45. The summed E-state index contributed by atoms with van der Waals surface area (Å²) in [6, 6.07) is 7.87. The molecule has 0 aliphatic heterocycles. The highest BCUT2D eigenvalue weighted by Gasteiger charge is 2.35. The Morgan fingerprint density at radius 2 is 1.00 bits per heavy atom. The lowest BCUT2D eigenvalue weighted by molar-refractivity contribution is -0.768. The molecule has 0 saturated heterocycles. The van der Waals surface area contributed by atoms with Crippen molar-refractivity contribution in [2.45, 2.75) is 132 Å². The largest absolute Gasteiger partial charge is 0.286 e. The maximum Gasteiger partial charge on any atom is 0.196 e. The van der Waals surface area contributed by atoms with E-state index in [1.165, 1.54) is 11.4 Å². The molecule has 0 saturated carbocycles. The molecule has 0 radical (unpaired) electrons. The molecule has 1 heterocycles. The van der Waals surface area contributed by atoms with E-state index < -0.39 is 0 Å². The first-order valence-corrected chi connectivity index (χ1v) is 11.0. The van der Waals surface area contributed by atoms with E-state index in [2.05, 4.69) is 123 Å². The van der Waals surface area contributed by atoms with Crippen LogP contribution < -0.4 is 4.57 Å². The standard InChI is InChI=1S/C25H48N3/c1-19(2)26(23(5,6)7)17-21-15-14-16-22(28(21)25(11,12)13)18-27(20(3)4)24(8,9)10/h14-16,19-20H,17-18H2,1-13H3/q+1. The van der Waals surface area contributed by atoms with E-state index in [-0.39, 0.29) is 16.6 Å². The van der Waals surface area contributed by atoms with Gasteiger partial charge in [0.25, 0.3) is 0 Å². The Kier molecular flexibility index (Phi) is 7.92. The Hall–Kier alpha value is -0.930. The molecule has 0 atom stereocenters. The van der Waals surface area contributed by atoms with Crippen LogP contribution in [0.3, 0.4) is 0 Å². The smallest absolute Gasteiger partial charge is 0.196 e. The molecule has 162 valence electrons. The maximum atomic E-state index is 2.60. The monoisotopic (exact) mass is 390 g/mol. The second-order valence-corrected chi connectivity index (χ2v) is 11.8. The maximum absolute atomic E-state index is 2.60. The molecule has 1 aromatic heterocycles. The van der Waals surface area contributed by atoms with Gasteiger partial charge >= 0.3 is 0 Å². The number of aromatic nitrogens is 1. The minimum atomic E-state index is 0.0347.